The van der Waals surface area contributed by atoms with Gasteiger partial charge in [0.25, 0.3) is 0 Å². The number of nitrogens with one attached hydrogen (secondary N) is 4. The summed E-state index contributed by atoms with van der Waals surface area (Å²) >= 11 is 0. The average Bonchev–Trinajstić information content (AvgIpc) is 3.28. The molecular weight excluding hydrogens is 508 g/mol. The number of carboxylic acids is 2. The Morgan fingerprint density at radius 3 is 2.18 bits per heavy atom. The quantitative estimate of drug-likeness (QED) is 0.131. The Balaban J connectivity index is 2.29. The number of fused-ring (bicyclic) bond motifs is 1. The number of amides is 3. The van der Waals surface area contributed by atoms with E-state index < -0.39 is 66.2 Å². The molecule has 0 fully saturated rings. The molecule has 0 aliphatic carbocycles. The van der Waals surface area contributed by atoms with Crippen molar-refractivity contribution in [3.63, 3.8) is 0 Å². The van der Waals surface area contributed by atoms with E-state index in [2.05, 4.69) is 20.9 Å². The van der Waals surface area contributed by atoms with Crippen molar-refractivity contribution < 1.29 is 34.2 Å². The van der Waals surface area contributed by atoms with E-state index in [1.165, 1.54) is 0 Å². The summed E-state index contributed by atoms with van der Waals surface area (Å²) in [7, 11) is 0. The van der Waals surface area contributed by atoms with Gasteiger partial charge >= 0.3 is 11.9 Å². The maximum Gasteiger partial charge on any atom is 0.326 e. The summed E-state index contributed by atoms with van der Waals surface area (Å²) in [5, 5.41) is 26.8. The summed E-state index contributed by atoms with van der Waals surface area (Å²) in [6.07, 6.45) is 2.56. The van der Waals surface area contributed by atoms with Crippen LogP contribution >= 0.6 is 0 Å². The molecule has 0 spiro atoms. The number of aliphatic carboxylic acids is 2. The molecule has 0 saturated carbocycles. The fraction of sp³-hybridized carbons (Fsp3) is 0.500. The molecule has 1 heterocycles. The van der Waals surface area contributed by atoms with Gasteiger partial charge in [-0.2, -0.15) is 0 Å². The van der Waals surface area contributed by atoms with Crippen LogP contribution in [-0.2, 0) is 30.4 Å². The van der Waals surface area contributed by atoms with Gasteiger partial charge in [-0.1, -0.05) is 38.5 Å². The molecule has 1 aromatic carbocycles. The number of unbranched alkanes of at least 4 members (excludes halogenated alkanes) is 1. The molecule has 2 aromatic rings. The summed E-state index contributed by atoms with van der Waals surface area (Å²) in [6, 6.07) is 2.36. The first-order valence-corrected chi connectivity index (χ1v) is 12.8. The molecule has 0 saturated heterocycles. The number of H-pyrrole nitrogens is 1. The smallest absolute Gasteiger partial charge is 0.326 e. The Bertz CT molecular complexity index is 1160. The molecular formula is C26H38N6O7. The van der Waals surface area contributed by atoms with E-state index >= 15 is 0 Å². The molecule has 0 aliphatic rings. The van der Waals surface area contributed by atoms with Gasteiger partial charge in [-0.15, -0.1) is 0 Å². The minimum atomic E-state index is -1.59. The minimum absolute atomic E-state index is 0.0161. The number of carboxylic acid groups (broad SMARTS) is 2. The predicted molar refractivity (Wildman–Crippen MR) is 143 cm³/mol. The predicted octanol–water partition coefficient (Wildman–Crippen LogP) is -0.164. The second-order valence-corrected chi connectivity index (χ2v) is 9.74. The Hall–Kier alpha value is -3.97. The van der Waals surface area contributed by atoms with Crippen molar-refractivity contribution in [1.29, 1.82) is 0 Å². The third kappa shape index (κ3) is 9.37. The molecule has 3 amide bonds. The van der Waals surface area contributed by atoms with Crippen molar-refractivity contribution >= 4 is 40.6 Å². The van der Waals surface area contributed by atoms with Crippen LogP contribution in [0, 0.1) is 5.92 Å². The maximum atomic E-state index is 13.4. The summed E-state index contributed by atoms with van der Waals surface area (Å²) in [6.45, 7) is 3.60. The van der Waals surface area contributed by atoms with E-state index in [9.17, 15) is 34.2 Å². The van der Waals surface area contributed by atoms with Crippen LogP contribution in [0.25, 0.3) is 10.9 Å². The van der Waals surface area contributed by atoms with Crippen molar-refractivity contribution in [2.45, 2.75) is 70.1 Å². The number of benzene rings is 1. The number of hydrogen-bond donors (Lipinski definition) is 8. The van der Waals surface area contributed by atoms with E-state index in [4.69, 9.17) is 11.5 Å². The molecule has 13 heteroatoms. The van der Waals surface area contributed by atoms with Gasteiger partial charge in [0.2, 0.25) is 17.7 Å². The first-order valence-electron chi connectivity index (χ1n) is 12.8. The van der Waals surface area contributed by atoms with Crippen molar-refractivity contribution in [3.8, 4) is 0 Å². The van der Waals surface area contributed by atoms with Gasteiger partial charge in [-0.25, -0.2) is 4.79 Å². The van der Waals surface area contributed by atoms with Gasteiger partial charge in [0.05, 0.1) is 12.5 Å². The maximum absolute atomic E-state index is 13.4. The lowest BCUT2D eigenvalue weighted by Crippen LogP contribution is -2.58. The Morgan fingerprint density at radius 1 is 0.923 bits per heavy atom. The first-order chi connectivity index (χ1) is 18.4. The molecule has 0 bridgehead atoms. The molecule has 10 N–H and O–H groups in total. The molecule has 39 heavy (non-hydrogen) atoms. The number of aromatic nitrogens is 1. The van der Waals surface area contributed by atoms with Gasteiger partial charge < -0.3 is 42.6 Å². The summed E-state index contributed by atoms with van der Waals surface area (Å²) in [4.78, 5) is 65.2. The summed E-state index contributed by atoms with van der Waals surface area (Å²) in [5.41, 5.74) is 13.0. The highest BCUT2D eigenvalue weighted by atomic mass is 16.4. The number of para-hydroxylation sites is 1. The second-order valence-electron chi connectivity index (χ2n) is 9.74. The van der Waals surface area contributed by atoms with Crippen LogP contribution in [0.3, 0.4) is 0 Å². The fourth-order valence-corrected chi connectivity index (χ4v) is 4.07. The molecule has 4 unspecified atom stereocenters. The van der Waals surface area contributed by atoms with Crippen molar-refractivity contribution in [1.82, 2.24) is 20.9 Å². The number of aromatic amines is 1. The summed E-state index contributed by atoms with van der Waals surface area (Å²) < 4.78 is 0. The zero-order valence-electron chi connectivity index (χ0n) is 22.1. The molecule has 214 valence electrons. The normalized spacial score (nSPS) is 14.3. The van der Waals surface area contributed by atoms with Crippen LogP contribution in [0.15, 0.2) is 30.5 Å². The van der Waals surface area contributed by atoms with Crippen LogP contribution in [-0.4, -0.2) is 75.6 Å². The molecule has 2 rings (SSSR count). The molecule has 4 atom stereocenters. The number of carbonyl (C=O) groups excluding carboxylic acids is 3. The van der Waals surface area contributed by atoms with E-state index in [0.29, 0.717) is 31.4 Å². The van der Waals surface area contributed by atoms with E-state index in [1.54, 1.807) is 20.0 Å². The molecule has 0 radical (unpaired) electrons. The van der Waals surface area contributed by atoms with Gasteiger partial charge in [0.1, 0.15) is 18.1 Å². The molecule has 1 aromatic heterocycles. The van der Waals surface area contributed by atoms with Gasteiger partial charge in [0.15, 0.2) is 0 Å². The average molecular weight is 547 g/mol. The third-order valence-electron chi connectivity index (χ3n) is 6.28. The van der Waals surface area contributed by atoms with Gasteiger partial charge in [-0.3, -0.25) is 19.2 Å². The number of hydrogen-bond acceptors (Lipinski definition) is 7. The van der Waals surface area contributed by atoms with Crippen LogP contribution in [0.4, 0.5) is 0 Å². The lowest BCUT2D eigenvalue weighted by atomic mass is 10.0. The SMILES string of the molecule is CC(C)C(NC(=O)C(CC(=O)O)NC(=O)C(Cc1c[nH]c2ccccc12)NC(=O)C(N)CCCCN)C(=O)O. The van der Waals surface area contributed by atoms with Crippen LogP contribution < -0.4 is 27.4 Å². The topological polar surface area (TPSA) is 230 Å². The van der Waals surface area contributed by atoms with Crippen LogP contribution in [0.5, 0.6) is 0 Å². The second kappa shape index (κ2) is 14.8. The van der Waals surface area contributed by atoms with Crippen molar-refractivity contribution in [2.75, 3.05) is 6.54 Å². The highest BCUT2D eigenvalue weighted by Crippen LogP contribution is 2.19. The first kappa shape index (κ1) is 31.2. The summed E-state index contributed by atoms with van der Waals surface area (Å²) in [5.74, 6) is -5.56. The lowest BCUT2D eigenvalue weighted by molar-refractivity contribution is -0.144. The van der Waals surface area contributed by atoms with Crippen LogP contribution in [0.2, 0.25) is 0 Å². The minimum Gasteiger partial charge on any atom is -0.481 e. The Labute approximate surface area is 226 Å². The van der Waals surface area contributed by atoms with E-state index in [-0.39, 0.29) is 6.42 Å². The third-order valence-corrected chi connectivity index (χ3v) is 6.28. The highest BCUT2D eigenvalue weighted by molar-refractivity contribution is 5.96. The Morgan fingerprint density at radius 2 is 1.56 bits per heavy atom. The standard InChI is InChI=1S/C26H38N6O7/c1-14(2)22(26(38)39)32-25(37)20(12-21(33)34)31-24(36)19(30-23(35)17(28)8-5-6-10-27)11-15-13-29-18-9-4-3-7-16(15)18/h3-4,7,9,13-14,17,19-20,22,29H,5-6,8,10-12,27-28H2,1-2H3,(H,30,35)(H,31,36)(H,32,37)(H,33,34)(H,38,39). The van der Waals surface area contributed by atoms with E-state index in [1.807, 2.05) is 24.3 Å². The Kier molecular flexibility index (Phi) is 11.9. The molecule has 13 nitrogen and oxygen atoms in total. The van der Waals surface area contributed by atoms with Gasteiger partial charge in [-0.05, 0) is 36.9 Å². The fourth-order valence-electron chi connectivity index (χ4n) is 4.07. The van der Waals surface area contributed by atoms with Gasteiger partial charge in [0, 0.05) is 23.5 Å². The van der Waals surface area contributed by atoms with Crippen molar-refractivity contribution in [3.05, 3.63) is 36.0 Å². The van der Waals surface area contributed by atoms with Crippen LogP contribution in [0.1, 0.15) is 45.1 Å². The number of carbonyl (C=O) groups is 5. The lowest BCUT2D eigenvalue weighted by Gasteiger charge is -2.25. The number of rotatable bonds is 16. The highest BCUT2D eigenvalue weighted by Gasteiger charge is 2.32. The van der Waals surface area contributed by atoms with E-state index in [0.717, 1.165) is 10.9 Å². The zero-order chi connectivity index (χ0) is 29.1. The zero-order valence-corrected chi connectivity index (χ0v) is 22.1. The largest absolute Gasteiger partial charge is 0.481 e. The molecule has 0 aliphatic heterocycles. The number of nitrogens with two attached hydrogens (primary N) is 2. The monoisotopic (exact) mass is 546 g/mol. The van der Waals surface area contributed by atoms with Crippen molar-refractivity contribution in [2.24, 2.45) is 17.4 Å².